The summed E-state index contributed by atoms with van der Waals surface area (Å²) in [6.45, 7) is 3.29. The molecule has 0 radical (unpaired) electrons. The molecule has 6 nitrogen and oxygen atoms in total. The number of hydrogen-bond donors (Lipinski definition) is 2. The largest absolute Gasteiger partial charge is 0.472 e. The van der Waals surface area contributed by atoms with E-state index in [1.807, 2.05) is 24.3 Å². The van der Waals surface area contributed by atoms with E-state index in [-0.39, 0.29) is 11.9 Å². The number of carbonyl (C=O) groups is 1. The van der Waals surface area contributed by atoms with Crippen LogP contribution in [0.25, 0.3) is 22.0 Å². The smallest absolute Gasteiger partial charge is 0.272 e. The predicted octanol–water partition coefficient (Wildman–Crippen LogP) is 2.65. The second kappa shape index (κ2) is 5.74. The molecule has 1 aromatic carbocycles. The van der Waals surface area contributed by atoms with Crippen molar-refractivity contribution >= 4 is 16.8 Å². The van der Waals surface area contributed by atoms with E-state index in [4.69, 9.17) is 4.42 Å². The average Bonchev–Trinajstić information content (AvgIpc) is 3.32. The number of aromatic amines is 1. The van der Waals surface area contributed by atoms with Gasteiger partial charge in [-0.05, 0) is 55.6 Å². The van der Waals surface area contributed by atoms with Gasteiger partial charge in [0.05, 0.1) is 18.0 Å². The zero-order valence-electron chi connectivity index (χ0n) is 13.9. The van der Waals surface area contributed by atoms with Crippen LogP contribution in [0.3, 0.4) is 0 Å². The van der Waals surface area contributed by atoms with E-state index in [0.29, 0.717) is 11.6 Å². The number of hydrogen-bond acceptors (Lipinski definition) is 4. The lowest BCUT2D eigenvalue weighted by Gasteiger charge is -2.44. The molecule has 128 valence electrons. The molecule has 2 N–H and O–H groups in total. The molecule has 25 heavy (non-hydrogen) atoms. The van der Waals surface area contributed by atoms with Crippen molar-refractivity contribution in [2.45, 2.75) is 18.9 Å². The number of piperidine rings is 3. The molecule has 0 spiro atoms. The lowest BCUT2D eigenvalue weighted by Crippen LogP contribution is -2.57. The van der Waals surface area contributed by atoms with E-state index in [0.717, 1.165) is 28.6 Å². The van der Waals surface area contributed by atoms with Crippen molar-refractivity contribution in [2.75, 3.05) is 19.6 Å². The second-order valence-electron chi connectivity index (χ2n) is 7.06. The van der Waals surface area contributed by atoms with Crippen LogP contribution >= 0.6 is 0 Å². The van der Waals surface area contributed by atoms with Crippen molar-refractivity contribution in [3.63, 3.8) is 0 Å². The molecule has 1 atom stereocenters. The van der Waals surface area contributed by atoms with Gasteiger partial charge in [-0.2, -0.15) is 5.10 Å². The number of aromatic nitrogens is 2. The van der Waals surface area contributed by atoms with Crippen LogP contribution in [0.2, 0.25) is 0 Å². The lowest BCUT2D eigenvalue weighted by atomic mass is 9.84. The van der Waals surface area contributed by atoms with Crippen LogP contribution in [-0.4, -0.2) is 46.7 Å². The van der Waals surface area contributed by atoms with E-state index in [2.05, 4.69) is 20.4 Å². The van der Waals surface area contributed by atoms with Crippen LogP contribution in [0.15, 0.2) is 41.2 Å². The second-order valence-corrected chi connectivity index (χ2v) is 7.06. The molecule has 6 rings (SSSR count). The number of nitrogens with one attached hydrogen (secondary N) is 2. The highest BCUT2D eigenvalue weighted by molar-refractivity contribution is 6.05. The van der Waals surface area contributed by atoms with Gasteiger partial charge in [0.25, 0.3) is 5.91 Å². The highest BCUT2D eigenvalue weighted by Crippen LogP contribution is 2.29. The standard InChI is InChI=1S/C19H20N4O2/c24-19(20-17-10-23-6-3-12(17)4-7-23)18-15-2-1-13(9-16(15)21-22-18)14-5-8-25-11-14/h1-2,5,8-9,11-12,17H,3-4,6-7,10H2,(H,20,24)(H,21,22)/t17-/m1/s1. The Morgan fingerprint density at radius 1 is 1.24 bits per heavy atom. The van der Waals surface area contributed by atoms with Gasteiger partial charge in [0.1, 0.15) is 0 Å². The summed E-state index contributed by atoms with van der Waals surface area (Å²) in [5.74, 6) is 0.521. The molecule has 2 bridgehead atoms. The Morgan fingerprint density at radius 3 is 2.84 bits per heavy atom. The summed E-state index contributed by atoms with van der Waals surface area (Å²) >= 11 is 0. The summed E-state index contributed by atoms with van der Waals surface area (Å²) in [7, 11) is 0. The van der Waals surface area contributed by atoms with Crippen LogP contribution in [-0.2, 0) is 0 Å². The van der Waals surface area contributed by atoms with Crippen molar-refractivity contribution in [3.05, 3.63) is 42.5 Å². The Bertz CT molecular complexity index is 907. The first kappa shape index (κ1) is 14.7. The molecule has 1 amide bonds. The molecule has 3 aliphatic rings. The van der Waals surface area contributed by atoms with Crippen LogP contribution < -0.4 is 5.32 Å². The molecular formula is C19H20N4O2. The number of H-pyrrole nitrogens is 1. The maximum absolute atomic E-state index is 12.8. The van der Waals surface area contributed by atoms with Gasteiger partial charge in [-0.1, -0.05) is 6.07 Å². The van der Waals surface area contributed by atoms with Gasteiger partial charge in [0.15, 0.2) is 5.69 Å². The van der Waals surface area contributed by atoms with Crippen molar-refractivity contribution in [2.24, 2.45) is 5.92 Å². The molecule has 0 saturated carbocycles. The van der Waals surface area contributed by atoms with Gasteiger partial charge in [0.2, 0.25) is 0 Å². The Balaban J connectivity index is 1.40. The van der Waals surface area contributed by atoms with E-state index in [1.165, 1.54) is 25.9 Å². The van der Waals surface area contributed by atoms with Gasteiger partial charge in [-0.3, -0.25) is 9.89 Å². The highest BCUT2D eigenvalue weighted by atomic mass is 16.3. The fourth-order valence-electron chi connectivity index (χ4n) is 4.17. The fourth-order valence-corrected chi connectivity index (χ4v) is 4.17. The first-order chi connectivity index (χ1) is 12.3. The average molecular weight is 336 g/mol. The van der Waals surface area contributed by atoms with E-state index >= 15 is 0 Å². The first-order valence-electron chi connectivity index (χ1n) is 8.82. The number of carbonyl (C=O) groups excluding carboxylic acids is 1. The normalized spacial score (nSPS) is 25.4. The summed E-state index contributed by atoms with van der Waals surface area (Å²) in [5.41, 5.74) is 3.38. The van der Waals surface area contributed by atoms with Crippen LogP contribution in [0.1, 0.15) is 23.3 Å². The first-order valence-corrected chi connectivity index (χ1v) is 8.82. The van der Waals surface area contributed by atoms with E-state index in [9.17, 15) is 4.79 Å². The van der Waals surface area contributed by atoms with Crippen LogP contribution in [0.4, 0.5) is 0 Å². The lowest BCUT2D eigenvalue weighted by molar-refractivity contribution is 0.0618. The third-order valence-electron chi connectivity index (χ3n) is 5.61. The zero-order valence-corrected chi connectivity index (χ0v) is 13.9. The molecule has 3 fully saturated rings. The molecule has 5 heterocycles. The minimum Gasteiger partial charge on any atom is -0.472 e. The van der Waals surface area contributed by atoms with Gasteiger partial charge in [0, 0.05) is 23.5 Å². The van der Waals surface area contributed by atoms with E-state index < -0.39 is 0 Å². The molecular weight excluding hydrogens is 316 g/mol. The third-order valence-corrected chi connectivity index (χ3v) is 5.61. The Labute approximate surface area is 145 Å². The quantitative estimate of drug-likeness (QED) is 0.771. The van der Waals surface area contributed by atoms with Gasteiger partial charge < -0.3 is 14.6 Å². The zero-order chi connectivity index (χ0) is 16.8. The maximum Gasteiger partial charge on any atom is 0.272 e. The summed E-state index contributed by atoms with van der Waals surface area (Å²) < 4.78 is 5.14. The molecule has 0 unspecified atom stereocenters. The molecule has 3 aliphatic heterocycles. The number of fused-ring (bicyclic) bond motifs is 4. The Hall–Kier alpha value is -2.60. The Morgan fingerprint density at radius 2 is 2.12 bits per heavy atom. The molecule has 6 heteroatoms. The summed E-state index contributed by atoms with van der Waals surface area (Å²) in [6, 6.07) is 8.10. The summed E-state index contributed by atoms with van der Waals surface area (Å²) in [4.78, 5) is 15.2. The van der Waals surface area contributed by atoms with Crippen molar-refractivity contribution in [3.8, 4) is 11.1 Å². The number of amides is 1. The Kier molecular flexibility index (Phi) is 3.38. The summed E-state index contributed by atoms with van der Waals surface area (Å²) in [6.07, 6.45) is 5.72. The minimum absolute atomic E-state index is 0.0824. The van der Waals surface area contributed by atoms with Crippen molar-refractivity contribution < 1.29 is 9.21 Å². The van der Waals surface area contributed by atoms with Crippen molar-refractivity contribution in [1.82, 2.24) is 20.4 Å². The topological polar surface area (TPSA) is 74.2 Å². The number of nitrogens with zero attached hydrogens (tertiary/aromatic N) is 2. The number of benzene rings is 1. The van der Waals surface area contributed by atoms with Crippen molar-refractivity contribution in [1.29, 1.82) is 0 Å². The fraction of sp³-hybridized carbons (Fsp3) is 0.368. The highest BCUT2D eigenvalue weighted by Gasteiger charge is 2.35. The number of furan rings is 1. The van der Waals surface area contributed by atoms with E-state index in [1.54, 1.807) is 12.5 Å². The minimum atomic E-state index is -0.0824. The summed E-state index contributed by atoms with van der Waals surface area (Å²) in [5, 5.41) is 11.3. The third kappa shape index (κ3) is 2.53. The molecule has 3 saturated heterocycles. The SMILES string of the molecule is O=C(N[C@@H]1CN2CCC1CC2)c1n[nH]c2cc(-c3ccoc3)ccc12. The maximum atomic E-state index is 12.8. The van der Waals surface area contributed by atoms with Gasteiger partial charge >= 0.3 is 0 Å². The van der Waals surface area contributed by atoms with Gasteiger partial charge in [-0.15, -0.1) is 0 Å². The molecule has 0 aliphatic carbocycles. The van der Waals surface area contributed by atoms with Crippen LogP contribution in [0, 0.1) is 5.92 Å². The molecule has 3 aromatic rings. The number of rotatable bonds is 3. The monoisotopic (exact) mass is 336 g/mol. The molecule has 2 aromatic heterocycles. The van der Waals surface area contributed by atoms with Crippen LogP contribution in [0.5, 0.6) is 0 Å². The predicted molar refractivity (Wildman–Crippen MR) is 94.2 cm³/mol. The van der Waals surface area contributed by atoms with Gasteiger partial charge in [-0.25, -0.2) is 0 Å².